The molecule has 1 heterocycles. The molecular formula is C30H21ClN2O4S. The fourth-order valence-electron chi connectivity index (χ4n) is 6.45. The maximum Gasteiger partial charge on any atom is 0.261 e. The van der Waals surface area contributed by atoms with Gasteiger partial charge in [-0.25, -0.2) is 13.3 Å². The van der Waals surface area contributed by atoms with Gasteiger partial charge in [0.25, 0.3) is 10.0 Å². The first-order chi connectivity index (χ1) is 18.3. The highest BCUT2D eigenvalue weighted by atomic mass is 35.5. The van der Waals surface area contributed by atoms with Gasteiger partial charge in [-0.15, -0.1) is 0 Å². The monoisotopic (exact) mass is 540 g/mol. The van der Waals surface area contributed by atoms with E-state index < -0.39 is 21.9 Å². The van der Waals surface area contributed by atoms with E-state index in [9.17, 15) is 18.0 Å². The van der Waals surface area contributed by atoms with Crippen molar-refractivity contribution in [2.24, 2.45) is 11.8 Å². The SMILES string of the molecule is O=C1C2C3c4ccccc4C(c4ccccc43)C2C(=O)N1c1cccc(S(=O)(=O)Nc2ccc(Cl)cc2)c1. The summed E-state index contributed by atoms with van der Waals surface area (Å²) in [7, 11) is -3.98. The first kappa shape index (κ1) is 23.2. The molecular weight excluding hydrogens is 520 g/mol. The molecule has 0 radical (unpaired) electrons. The molecule has 4 aromatic carbocycles. The molecule has 0 spiro atoms. The number of anilines is 2. The van der Waals surface area contributed by atoms with Crippen molar-refractivity contribution < 1.29 is 18.0 Å². The summed E-state index contributed by atoms with van der Waals surface area (Å²) >= 11 is 5.91. The number of benzene rings is 4. The Labute approximate surface area is 224 Å². The van der Waals surface area contributed by atoms with Crippen LogP contribution in [0.5, 0.6) is 0 Å². The van der Waals surface area contributed by atoms with Crippen molar-refractivity contribution in [1.82, 2.24) is 0 Å². The quantitative estimate of drug-likeness (QED) is 0.345. The van der Waals surface area contributed by atoms with E-state index in [0.717, 1.165) is 22.3 Å². The van der Waals surface area contributed by atoms with Gasteiger partial charge in [0.05, 0.1) is 22.4 Å². The summed E-state index contributed by atoms with van der Waals surface area (Å²) in [6.07, 6.45) is 0. The van der Waals surface area contributed by atoms with Crippen LogP contribution in [0.3, 0.4) is 0 Å². The Morgan fingerprint density at radius 3 is 1.66 bits per heavy atom. The van der Waals surface area contributed by atoms with Gasteiger partial charge >= 0.3 is 0 Å². The van der Waals surface area contributed by atoms with Crippen LogP contribution in [-0.4, -0.2) is 20.2 Å². The van der Waals surface area contributed by atoms with E-state index in [2.05, 4.69) is 29.0 Å². The highest BCUT2D eigenvalue weighted by molar-refractivity contribution is 7.92. The minimum atomic E-state index is -3.98. The number of carbonyl (C=O) groups is 2. The van der Waals surface area contributed by atoms with Crippen LogP contribution >= 0.6 is 11.6 Å². The van der Waals surface area contributed by atoms with Crippen LogP contribution in [0.2, 0.25) is 5.02 Å². The van der Waals surface area contributed by atoms with E-state index in [1.165, 1.54) is 17.0 Å². The number of nitrogens with zero attached hydrogens (tertiary/aromatic N) is 1. The molecule has 4 aliphatic rings. The fourth-order valence-corrected chi connectivity index (χ4v) is 7.68. The van der Waals surface area contributed by atoms with Gasteiger partial charge in [-0.05, 0) is 64.7 Å². The predicted molar refractivity (Wildman–Crippen MR) is 145 cm³/mol. The van der Waals surface area contributed by atoms with Crippen LogP contribution in [0.4, 0.5) is 11.4 Å². The number of hydrogen-bond donors (Lipinski definition) is 1. The number of imide groups is 1. The second-order valence-corrected chi connectivity index (χ2v) is 12.0. The average Bonchev–Trinajstić information content (AvgIpc) is 3.20. The number of carbonyl (C=O) groups excluding carboxylic acids is 2. The lowest BCUT2D eigenvalue weighted by Gasteiger charge is -2.45. The summed E-state index contributed by atoms with van der Waals surface area (Å²) in [5.41, 5.74) is 4.95. The highest BCUT2D eigenvalue weighted by Crippen LogP contribution is 2.61. The van der Waals surface area contributed by atoms with Gasteiger partial charge in [0, 0.05) is 22.5 Å². The van der Waals surface area contributed by atoms with Crippen molar-refractivity contribution in [2.75, 3.05) is 9.62 Å². The molecule has 8 heteroatoms. The number of amides is 2. The van der Waals surface area contributed by atoms with Crippen LogP contribution in [0, 0.1) is 11.8 Å². The summed E-state index contributed by atoms with van der Waals surface area (Å²) < 4.78 is 28.8. The van der Waals surface area contributed by atoms with Crippen molar-refractivity contribution in [3.05, 3.63) is 124 Å². The number of nitrogens with one attached hydrogen (secondary N) is 1. The molecule has 38 heavy (non-hydrogen) atoms. The smallest absolute Gasteiger partial charge is 0.261 e. The van der Waals surface area contributed by atoms with Gasteiger partial charge in [-0.2, -0.15) is 0 Å². The van der Waals surface area contributed by atoms with Crippen molar-refractivity contribution in [3.8, 4) is 0 Å². The van der Waals surface area contributed by atoms with Crippen molar-refractivity contribution in [2.45, 2.75) is 16.7 Å². The number of halogens is 1. The summed E-state index contributed by atoms with van der Waals surface area (Å²) in [5.74, 6) is -2.11. The van der Waals surface area contributed by atoms with Gasteiger partial charge in [-0.1, -0.05) is 66.2 Å². The van der Waals surface area contributed by atoms with Crippen molar-refractivity contribution >= 4 is 44.8 Å². The molecule has 4 aromatic rings. The molecule has 1 N–H and O–H groups in total. The second kappa shape index (κ2) is 8.28. The molecule has 1 fully saturated rings. The molecule has 0 saturated carbocycles. The largest absolute Gasteiger partial charge is 0.280 e. The lowest BCUT2D eigenvalue weighted by molar-refractivity contribution is -0.122. The van der Waals surface area contributed by atoms with Crippen LogP contribution in [0.1, 0.15) is 34.1 Å². The lowest BCUT2D eigenvalue weighted by atomic mass is 9.55. The third-order valence-electron chi connectivity index (χ3n) is 7.93. The average molecular weight is 541 g/mol. The normalized spacial score (nSPS) is 23.1. The van der Waals surface area contributed by atoms with Crippen LogP contribution in [-0.2, 0) is 19.6 Å². The minimum absolute atomic E-state index is 0.0463. The van der Waals surface area contributed by atoms with Gasteiger partial charge in [-0.3, -0.25) is 14.3 Å². The zero-order valence-corrected chi connectivity index (χ0v) is 21.5. The predicted octanol–water partition coefficient (Wildman–Crippen LogP) is 5.54. The van der Waals surface area contributed by atoms with Crippen molar-refractivity contribution in [3.63, 3.8) is 0 Å². The molecule has 2 bridgehead atoms. The van der Waals surface area contributed by atoms with Gasteiger partial charge < -0.3 is 0 Å². The molecule has 1 saturated heterocycles. The maximum atomic E-state index is 14.0. The zero-order chi connectivity index (χ0) is 26.2. The van der Waals surface area contributed by atoms with E-state index in [-0.39, 0.29) is 34.2 Å². The maximum absolute atomic E-state index is 14.0. The summed E-state index contributed by atoms with van der Waals surface area (Å²) in [5, 5.41) is 0.487. The standard InChI is InChI=1S/C30H21ClN2O4S/c31-17-12-14-18(15-13-17)32-38(36,37)20-7-5-6-19(16-20)33-29(34)27-25-21-8-1-2-9-22(21)26(28(27)30(33)35)24-11-4-3-10-23(24)25/h1-16,25-28,32H. The molecule has 2 unspecified atom stereocenters. The van der Waals surface area contributed by atoms with Crippen LogP contribution < -0.4 is 9.62 Å². The molecule has 0 aromatic heterocycles. The Morgan fingerprint density at radius 2 is 1.16 bits per heavy atom. The number of sulfonamides is 1. The zero-order valence-electron chi connectivity index (χ0n) is 19.9. The van der Waals surface area contributed by atoms with Crippen molar-refractivity contribution in [1.29, 1.82) is 0 Å². The summed E-state index contributed by atoms with van der Waals surface area (Å²) in [4.78, 5) is 29.1. The Bertz CT molecular complexity index is 1640. The molecule has 8 rings (SSSR count). The molecule has 1 aliphatic heterocycles. The van der Waals surface area contributed by atoms with E-state index in [1.54, 1.807) is 36.4 Å². The molecule has 188 valence electrons. The van der Waals surface area contributed by atoms with E-state index in [1.807, 2.05) is 24.3 Å². The topological polar surface area (TPSA) is 83.6 Å². The van der Waals surface area contributed by atoms with Crippen LogP contribution in [0.15, 0.2) is 102 Å². The third kappa shape index (κ3) is 3.28. The number of hydrogen-bond acceptors (Lipinski definition) is 4. The Kier molecular flexibility index (Phi) is 5.05. The first-order valence-electron chi connectivity index (χ1n) is 12.3. The number of rotatable bonds is 4. The fraction of sp³-hybridized carbons (Fsp3) is 0.133. The Morgan fingerprint density at radius 1 is 0.658 bits per heavy atom. The van der Waals surface area contributed by atoms with E-state index in [4.69, 9.17) is 11.6 Å². The van der Waals surface area contributed by atoms with Gasteiger partial charge in [0.15, 0.2) is 0 Å². The Hall–Kier alpha value is -3.94. The third-order valence-corrected chi connectivity index (χ3v) is 9.56. The molecule has 2 amide bonds. The molecule has 2 atom stereocenters. The first-order valence-corrected chi connectivity index (χ1v) is 14.2. The van der Waals surface area contributed by atoms with Crippen LogP contribution in [0.25, 0.3) is 0 Å². The summed E-state index contributed by atoms with van der Waals surface area (Å²) in [6.45, 7) is 0. The Balaban J connectivity index is 1.28. The molecule has 3 aliphatic carbocycles. The minimum Gasteiger partial charge on any atom is -0.280 e. The van der Waals surface area contributed by atoms with E-state index in [0.29, 0.717) is 10.7 Å². The molecule has 6 nitrogen and oxygen atoms in total. The second-order valence-electron chi connectivity index (χ2n) is 9.89. The summed E-state index contributed by atoms with van der Waals surface area (Å²) in [6, 6.07) is 28.4. The lowest BCUT2D eigenvalue weighted by Crippen LogP contribution is -2.41. The van der Waals surface area contributed by atoms with Gasteiger partial charge in [0.2, 0.25) is 11.8 Å². The highest BCUT2D eigenvalue weighted by Gasteiger charge is 2.61. The van der Waals surface area contributed by atoms with E-state index >= 15 is 0 Å². The van der Waals surface area contributed by atoms with Gasteiger partial charge in [0.1, 0.15) is 0 Å².